The van der Waals surface area contributed by atoms with Gasteiger partial charge in [0.05, 0.1) is 11.9 Å². The highest BCUT2D eigenvalue weighted by molar-refractivity contribution is 5.63. The second kappa shape index (κ2) is 3.96. The first kappa shape index (κ1) is 10.7. The lowest BCUT2D eigenvalue weighted by Gasteiger charge is -2.12. The Morgan fingerprint density at radius 1 is 1.31 bits per heavy atom. The Morgan fingerprint density at radius 3 is 2.69 bits per heavy atom. The van der Waals surface area contributed by atoms with Gasteiger partial charge in [-0.05, 0) is 12.1 Å². The molecular weight excluding hydrogens is 202 g/mol. The monoisotopic (exact) mass is 217 g/mol. The van der Waals surface area contributed by atoms with Gasteiger partial charge >= 0.3 is 0 Å². The number of aromatic amines is 1. The topological polar surface area (TPSA) is 54.7 Å². The van der Waals surface area contributed by atoms with Crippen LogP contribution < -0.4 is 0 Å². The summed E-state index contributed by atoms with van der Waals surface area (Å²) in [5.41, 5.74) is 0.920. The van der Waals surface area contributed by atoms with Gasteiger partial charge < -0.3 is 4.42 Å². The first-order chi connectivity index (χ1) is 7.55. The molecule has 2 aromatic rings. The molecule has 2 rings (SSSR count). The van der Waals surface area contributed by atoms with Gasteiger partial charge in [-0.2, -0.15) is 5.10 Å². The number of rotatable bonds is 2. The summed E-state index contributed by atoms with van der Waals surface area (Å²) >= 11 is 0. The summed E-state index contributed by atoms with van der Waals surface area (Å²) in [5, 5.41) is 6.69. The van der Waals surface area contributed by atoms with Gasteiger partial charge in [0.15, 0.2) is 0 Å². The molecule has 2 aromatic heterocycles. The molecule has 0 spiro atoms. The Bertz CT molecular complexity index is 475. The molecular formula is C12H15N3O. The minimum atomic E-state index is -0.00687. The molecule has 0 aliphatic rings. The summed E-state index contributed by atoms with van der Waals surface area (Å²) in [4.78, 5) is 4.19. The van der Waals surface area contributed by atoms with Crippen LogP contribution in [0.5, 0.6) is 0 Å². The van der Waals surface area contributed by atoms with Crippen LogP contribution in [0.1, 0.15) is 38.1 Å². The lowest BCUT2D eigenvalue weighted by Crippen LogP contribution is -2.09. The van der Waals surface area contributed by atoms with Crippen LogP contribution in [0, 0.1) is 0 Å². The lowest BCUT2D eigenvalue weighted by molar-refractivity contribution is 0.403. The van der Waals surface area contributed by atoms with Crippen molar-refractivity contribution in [2.45, 2.75) is 26.2 Å². The normalized spacial score (nSPS) is 12.4. The van der Waals surface area contributed by atoms with E-state index in [-0.39, 0.29) is 5.41 Å². The van der Waals surface area contributed by atoms with E-state index in [9.17, 15) is 0 Å². The van der Waals surface area contributed by atoms with Gasteiger partial charge in [-0.1, -0.05) is 20.8 Å². The smallest absolute Gasteiger partial charge is 0.218 e. The highest BCUT2D eigenvalue weighted by atomic mass is 16.4. The van der Waals surface area contributed by atoms with E-state index >= 15 is 0 Å². The fourth-order valence-corrected chi connectivity index (χ4v) is 1.23. The third kappa shape index (κ3) is 2.39. The van der Waals surface area contributed by atoms with E-state index in [1.807, 2.05) is 18.2 Å². The molecule has 0 atom stereocenters. The largest absolute Gasteiger partial charge is 0.441 e. The van der Waals surface area contributed by atoms with Gasteiger partial charge in [-0.3, -0.25) is 5.10 Å². The van der Waals surface area contributed by atoms with Crippen LogP contribution in [-0.4, -0.2) is 15.2 Å². The van der Waals surface area contributed by atoms with E-state index in [1.54, 1.807) is 12.4 Å². The van der Waals surface area contributed by atoms with Crippen LogP contribution in [0.25, 0.3) is 12.2 Å². The summed E-state index contributed by atoms with van der Waals surface area (Å²) in [5.74, 6) is 1.50. The minimum Gasteiger partial charge on any atom is -0.441 e. The second-order valence-electron chi connectivity index (χ2n) is 4.66. The van der Waals surface area contributed by atoms with Crippen LogP contribution in [-0.2, 0) is 5.41 Å². The van der Waals surface area contributed by atoms with Crippen LogP contribution in [0.15, 0.2) is 22.9 Å². The molecule has 0 aliphatic carbocycles. The molecule has 0 saturated heterocycles. The Labute approximate surface area is 94.4 Å². The number of hydrogen-bond donors (Lipinski definition) is 1. The van der Waals surface area contributed by atoms with E-state index in [1.165, 1.54) is 0 Å². The van der Waals surface area contributed by atoms with Crippen LogP contribution in [0.2, 0.25) is 0 Å². The molecule has 4 nitrogen and oxygen atoms in total. The molecule has 0 aromatic carbocycles. The van der Waals surface area contributed by atoms with Crippen LogP contribution in [0.3, 0.4) is 0 Å². The Balaban J connectivity index is 2.15. The van der Waals surface area contributed by atoms with Crippen molar-refractivity contribution in [1.82, 2.24) is 15.2 Å². The first-order valence-electron chi connectivity index (χ1n) is 5.19. The second-order valence-corrected chi connectivity index (χ2v) is 4.66. The Morgan fingerprint density at radius 2 is 2.12 bits per heavy atom. The highest BCUT2D eigenvalue weighted by Crippen LogP contribution is 2.23. The van der Waals surface area contributed by atoms with Gasteiger partial charge in [0.2, 0.25) is 5.89 Å². The van der Waals surface area contributed by atoms with Gasteiger partial charge in [0.25, 0.3) is 0 Å². The average molecular weight is 217 g/mol. The summed E-state index contributed by atoms with van der Waals surface area (Å²) in [6.07, 6.45) is 7.18. The molecule has 1 N–H and O–H groups in total. The van der Waals surface area contributed by atoms with E-state index in [0.29, 0.717) is 5.89 Å². The quantitative estimate of drug-likeness (QED) is 0.841. The summed E-state index contributed by atoms with van der Waals surface area (Å²) < 4.78 is 5.61. The molecule has 0 fully saturated rings. The summed E-state index contributed by atoms with van der Waals surface area (Å²) in [6.45, 7) is 6.28. The van der Waals surface area contributed by atoms with Crippen molar-refractivity contribution in [3.63, 3.8) is 0 Å². The molecule has 0 unspecified atom stereocenters. The molecule has 2 heterocycles. The van der Waals surface area contributed by atoms with E-state index in [0.717, 1.165) is 11.5 Å². The zero-order chi connectivity index (χ0) is 11.6. The fourth-order valence-electron chi connectivity index (χ4n) is 1.23. The van der Waals surface area contributed by atoms with E-state index < -0.39 is 0 Å². The maximum Gasteiger partial charge on any atom is 0.218 e. The van der Waals surface area contributed by atoms with Crippen molar-refractivity contribution >= 4 is 12.2 Å². The van der Waals surface area contributed by atoms with E-state index in [2.05, 4.69) is 36.0 Å². The van der Waals surface area contributed by atoms with Crippen LogP contribution in [0.4, 0.5) is 0 Å². The first-order valence-corrected chi connectivity index (χ1v) is 5.19. The van der Waals surface area contributed by atoms with Crippen molar-refractivity contribution in [2.24, 2.45) is 0 Å². The SMILES string of the molecule is CC(C)(C)c1cnc(C=Cc2ccn[nH]2)o1. The standard InChI is InChI=1S/C12H15N3O/c1-12(2,3)10-8-13-11(16-10)5-4-9-6-7-14-15-9/h4-8H,1-3H3,(H,14,15). The summed E-state index contributed by atoms with van der Waals surface area (Å²) in [6, 6.07) is 1.88. The lowest BCUT2D eigenvalue weighted by atomic mass is 9.94. The molecule has 16 heavy (non-hydrogen) atoms. The maximum atomic E-state index is 5.61. The number of aromatic nitrogens is 3. The fraction of sp³-hybridized carbons (Fsp3) is 0.333. The Kier molecular flexibility index (Phi) is 2.64. The van der Waals surface area contributed by atoms with Gasteiger partial charge in [-0.25, -0.2) is 4.98 Å². The predicted molar refractivity (Wildman–Crippen MR) is 62.7 cm³/mol. The zero-order valence-corrected chi connectivity index (χ0v) is 9.69. The van der Waals surface area contributed by atoms with Gasteiger partial charge in [0, 0.05) is 17.7 Å². The minimum absolute atomic E-state index is 0.00687. The number of nitrogens with one attached hydrogen (secondary N) is 1. The van der Waals surface area contributed by atoms with Crippen molar-refractivity contribution in [1.29, 1.82) is 0 Å². The Hall–Kier alpha value is -1.84. The molecule has 0 aliphatic heterocycles. The molecule has 0 saturated carbocycles. The number of oxazole rings is 1. The maximum absolute atomic E-state index is 5.61. The predicted octanol–water partition coefficient (Wildman–Crippen LogP) is 2.87. The van der Waals surface area contributed by atoms with Crippen LogP contribution >= 0.6 is 0 Å². The van der Waals surface area contributed by atoms with Gasteiger partial charge in [-0.15, -0.1) is 0 Å². The zero-order valence-electron chi connectivity index (χ0n) is 9.69. The third-order valence-corrected chi connectivity index (χ3v) is 2.19. The number of nitrogens with zero attached hydrogens (tertiary/aromatic N) is 2. The van der Waals surface area contributed by atoms with Crippen molar-refractivity contribution < 1.29 is 4.42 Å². The van der Waals surface area contributed by atoms with E-state index in [4.69, 9.17) is 4.42 Å². The summed E-state index contributed by atoms with van der Waals surface area (Å²) in [7, 11) is 0. The van der Waals surface area contributed by atoms with Crippen molar-refractivity contribution in [3.05, 3.63) is 35.8 Å². The van der Waals surface area contributed by atoms with Gasteiger partial charge in [0.1, 0.15) is 5.76 Å². The molecule has 0 bridgehead atoms. The number of hydrogen-bond acceptors (Lipinski definition) is 3. The number of H-pyrrole nitrogens is 1. The highest BCUT2D eigenvalue weighted by Gasteiger charge is 2.18. The molecule has 0 amide bonds. The molecule has 84 valence electrons. The average Bonchev–Trinajstić information content (AvgIpc) is 2.85. The molecule has 4 heteroatoms. The van der Waals surface area contributed by atoms with Crippen molar-refractivity contribution in [3.8, 4) is 0 Å². The van der Waals surface area contributed by atoms with Crippen molar-refractivity contribution in [2.75, 3.05) is 0 Å². The third-order valence-electron chi connectivity index (χ3n) is 2.19. The molecule has 0 radical (unpaired) electrons.